The van der Waals surface area contributed by atoms with E-state index in [0.717, 1.165) is 8.26 Å². The van der Waals surface area contributed by atoms with Crippen molar-refractivity contribution in [3.63, 3.8) is 0 Å². The van der Waals surface area contributed by atoms with Gasteiger partial charge < -0.3 is 9.80 Å². The second-order valence-electron chi connectivity index (χ2n) is 5.00. The van der Waals surface area contributed by atoms with Crippen molar-refractivity contribution in [2.75, 3.05) is 31.1 Å². The largest absolute Gasteiger partial charge is 0.352 e. The first-order valence-electron chi connectivity index (χ1n) is 6.94. The first-order chi connectivity index (χ1) is 11.1. The van der Waals surface area contributed by atoms with Crippen LogP contribution in [-0.4, -0.2) is 42.0 Å². The fraction of sp³-hybridized carbons (Fsp3) is 0.267. The van der Waals surface area contributed by atoms with Crippen molar-refractivity contribution in [1.82, 2.24) is 9.88 Å². The van der Waals surface area contributed by atoms with Crippen molar-refractivity contribution in [3.8, 4) is 6.07 Å². The quantitative estimate of drug-likeness (QED) is 0.695. The van der Waals surface area contributed by atoms with E-state index in [1.807, 2.05) is 11.0 Å². The Kier molecular flexibility index (Phi) is 4.99. The molecule has 0 saturated carbocycles. The van der Waals surface area contributed by atoms with Gasteiger partial charge in [-0.1, -0.05) is 0 Å². The number of hydrogen-bond acceptors (Lipinski definition) is 5. The van der Waals surface area contributed by atoms with Gasteiger partial charge in [-0.15, -0.1) is 11.3 Å². The summed E-state index contributed by atoms with van der Waals surface area (Å²) in [5, 5.41) is 9.18. The molecule has 0 bridgehead atoms. The Bertz CT molecular complexity index is 759. The highest BCUT2D eigenvalue weighted by Gasteiger charge is 2.25. The number of nitrogens with zero attached hydrogens (tertiary/aromatic N) is 4. The van der Waals surface area contributed by atoms with Gasteiger partial charge in [-0.25, -0.2) is 4.98 Å². The van der Waals surface area contributed by atoms with E-state index in [1.165, 1.54) is 11.3 Å². The van der Waals surface area contributed by atoms with Crippen molar-refractivity contribution >= 4 is 54.9 Å². The van der Waals surface area contributed by atoms with Crippen LogP contribution >= 0.6 is 43.2 Å². The van der Waals surface area contributed by atoms with Crippen LogP contribution in [-0.2, 0) is 0 Å². The van der Waals surface area contributed by atoms with Gasteiger partial charge in [0.1, 0.15) is 11.9 Å². The zero-order valence-electron chi connectivity index (χ0n) is 12.0. The molecular weight excluding hydrogens is 444 g/mol. The minimum Gasteiger partial charge on any atom is -0.352 e. The molecule has 1 fully saturated rings. The van der Waals surface area contributed by atoms with Crippen LogP contribution in [0.2, 0.25) is 0 Å². The lowest BCUT2D eigenvalue weighted by Crippen LogP contribution is -2.49. The minimum absolute atomic E-state index is 0.0441. The zero-order valence-corrected chi connectivity index (χ0v) is 16.0. The standard InChI is InChI=1S/C15H12Br2N4OS/c16-11-8-12(23-13(11)17)15(22)21-6-4-20(5-7-21)14-10(9-18)2-1-3-19-14/h1-3,8H,4-7H2. The molecule has 0 atom stereocenters. The van der Waals surface area contributed by atoms with E-state index >= 15 is 0 Å². The molecule has 118 valence electrons. The molecule has 5 nitrogen and oxygen atoms in total. The third kappa shape index (κ3) is 3.42. The number of hydrogen-bond donors (Lipinski definition) is 0. The third-order valence-electron chi connectivity index (χ3n) is 3.63. The summed E-state index contributed by atoms with van der Waals surface area (Å²) in [6, 6.07) is 7.53. The summed E-state index contributed by atoms with van der Waals surface area (Å²) >= 11 is 8.26. The topological polar surface area (TPSA) is 60.2 Å². The van der Waals surface area contributed by atoms with Gasteiger partial charge in [0, 0.05) is 36.8 Å². The fourth-order valence-corrected chi connectivity index (χ4v) is 4.47. The number of carbonyl (C=O) groups excluding carboxylic acids is 1. The van der Waals surface area contributed by atoms with Crippen LogP contribution in [0.3, 0.4) is 0 Å². The summed E-state index contributed by atoms with van der Waals surface area (Å²) in [4.78, 5) is 21.5. The van der Waals surface area contributed by atoms with Crippen LogP contribution < -0.4 is 4.90 Å². The van der Waals surface area contributed by atoms with Gasteiger partial charge in [0.05, 0.1) is 14.2 Å². The average molecular weight is 456 g/mol. The Hall–Kier alpha value is -1.43. The van der Waals surface area contributed by atoms with E-state index in [-0.39, 0.29) is 5.91 Å². The Labute approximate surface area is 154 Å². The van der Waals surface area contributed by atoms with Crippen molar-refractivity contribution < 1.29 is 4.79 Å². The second kappa shape index (κ2) is 6.99. The highest BCUT2D eigenvalue weighted by Crippen LogP contribution is 2.33. The summed E-state index contributed by atoms with van der Waals surface area (Å²) in [6.45, 7) is 2.58. The molecule has 23 heavy (non-hydrogen) atoms. The molecule has 1 amide bonds. The van der Waals surface area contributed by atoms with Gasteiger partial charge >= 0.3 is 0 Å². The number of carbonyl (C=O) groups is 1. The number of halogens is 2. The van der Waals surface area contributed by atoms with Gasteiger partial charge in [-0.2, -0.15) is 5.26 Å². The van der Waals surface area contributed by atoms with Crippen LogP contribution in [0.1, 0.15) is 15.2 Å². The van der Waals surface area contributed by atoms with E-state index in [4.69, 9.17) is 0 Å². The second-order valence-corrected chi connectivity index (χ2v) is 8.22. The van der Waals surface area contributed by atoms with Gasteiger partial charge in [0.25, 0.3) is 5.91 Å². The highest BCUT2D eigenvalue weighted by molar-refractivity contribution is 9.13. The molecule has 8 heteroatoms. The van der Waals surface area contributed by atoms with Crippen LogP contribution in [0.15, 0.2) is 32.7 Å². The number of amides is 1. The molecule has 0 spiro atoms. The SMILES string of the molecule is N#Cc1cccnc1N1CCN(C(=O)c2cc(Br)c(Br)s2)CC1. The maximum absolute atomic E-state index is 12.5. The molecule has 0 aliphatic carbocycles. The Morgan fingerprint density at radius 1 is 1.30 bits per heavy atom. The first-order valence-corrected chi connectivity index (χ1v) is 9.34. The molecule has 3 heterocycles. The molecule has 1 aliphatic rings. The van der Waals surface area contributed by atoms with Crippen LogP contribution in [0.4, 0.5) is 5.82 Å². The normalized spacial score (nSPS) is 14.7. The fourth-order valence-electron chi connectivity index (χ4n) is 2.47. The van der Waals surface area contributed by atoms with E-state index in [2.05, 4.69) is 47.8 Å². The van der Waals surface area contributed by atoms with E-state index in [0.29, 0.717) is 42.4 Å². The average Bonchev–Trinajstić information content (AvgIpc) is 2.93. The maximum atomic E-state index is 12.5. The minimum atomic E-state index is 0.0441. The highest BCUT2D eigenvalue weighted by atomic mass is 79.9. The molecular formula is C15H12Br2N4OS. The van der Waals surface area contributed by atoms with E-state index < -0.39 is 0 Å². The van der Waals surface area contributed by atoms with Crippen molar-refractivity contribution in [3.05, 3.63) is 43.1 Å². The molecule has 3 rings (SSSR count). The van der Waals surface area contributed by atoms with Crippen LogP contribution in [0.25, 0.3) is 0 Å². The van der Waals surface area contributed by atoms with E-state index in [1.54, 1.807) is 18.3 Å². The summed E-state index contributed by atoms with van der Waals surface area (Å²) in [5.74, 6) is 0.742. The number of anilines is 1. The lowest BCUT2D eigenvalue weighted by molar-refractivity contribution is 0.0751. The van der Waals surface area contributed by atoms with E-state index in [9.17, 15) is 10.1 Å². The molecule has 0 unspecified atom stereocenters. The number of thiophene rings is 1. The summed E-state index contributed by atoms with van der Waals surface area (Å²) < 4.78 is 1.82. The zero-order chi connectivity index (χ0) is 16.4. The monoisotopic (exact) mass is 454 g/mol. The number of nitriles is 1. The van der Waals surface area contributed by atoms with Crippen molar-refractivity contribution in [2.45, 2.75) is 0 Å². The van der Waals surface area contributed by atoms with Crippen LogP contribution in [0, 0.1) is 11.3 Å². The van der Waals surface area contributed by atoms with Crippen molar-refractivity contribution in [2.24, 2.45) is 0 Å². The Morgan fingerprint density at radius 3 is 2.65 bits per heavy atom. The summed E-state index contributed by atoms with van der Waals surface area (Å²) in [6.07, 6.45) is 1.69. The summed E-state index contributed by atoms with van der Waals surface area (Å²) in [5.41, 5.74) is 0.568. The first kappa shape index (κ1) is 16.4. The molecule has 1 aliphatic heterocycles. The molecule has 2 aromatic rings. The molecule has 0 N–H and O–H groups in total. The van der Waals surface area contributed by atoms with Gasteiger partial charge in [0.2, 0.25) is 0 Å². The van der Waals surface area contributed by atoms with Crippen molar-refractivity contribution in [1.29, 1.82) is 5.26 Å². The predicted octanol–water partition coefficient (Wildman–Crippen LogP) is 3.50. The Balaban J connectivity index is 1.69. The summed E-state index contributed by atoms with van der Waals surface area (Å²) in [7, 11) is 0. The van der Waals surface area contributed by atoms with Crippen LogP contribution in [0.5, 0.6) is 0 Å². The Morgan fingerprint density at radius 2 is 2.04 bits per heavy atom. The lowest BCUT2D eigenvalue weighted by atomic mass is 10.2. The lowest BCUT2D eigenvalue weighted by Gasteiger charge is -2.35. The molecule has 2 aromatic heterocycles. The smallest absolute Gasteiger partial charge is 0.264 e. The van der Waals surface area contributed by atoms with Gasteiger partial charge in [-0.3, -0.25) is 4.79 Å². The van der Waals surface area contributed by atoms with Gasteiger partial charge in [0.15, 0.2) is 0 Å². The molecule has 1 saturated heterocycles. The maximum Gasteiger partial charge on any atom is 0.264 e. The predicted molar refractivity (Wildman–Crippen MR) is 96.8 cm³/mol. The molecule has 0 radical (unpaired) electrons. The van der Waals surface area contributed by atoms with Gasteiger partial charge in [-0.05, 0) is 50.1 Å². The number of piperazine rings is 1. The number of rotatable bonds is 2. The number of aromatic nitrogens is 1. The molecule has 0 aromatic carbocycles. The third-order valence-corrected chi connectivity index (χ3v) is 6.87. The number of pyridine rings is 1.